The number of amides is 2. The van der Waals surface area contributed by atoms with E-state index in [1.165, 1.54) is 11.0 Å². The summed E-state index contributed by atoms with van der Waals surface area (Å²) in [5, 5.41) is 2.57. The van der Waals surface area contributed by atoms with Gasteiger partial charge in [0.05, 0.1) is 11.1 Å². The molecule has 2 amide bonds. The van der Waals surface area contributed by atoms with Crippen LogP contribution in [-0.4, -0.2) is 22.7 Å². The fraction of sp³-hybridized carbons (Fsp3) is 0.391. The number of halogens is 4. The summed E-state index contributed by atoms with van der Waals surface area (Å²) in [4.78, 5) is 27.6. The van der Waals surface area contributed by atoms with Crippen LogP contribution in [0.4, 0.5) is 14.9 Å². The van der Waals surface area contributed by atoms with Gasteiger partial charge >= 0.3 is 5.37 Å². The van der Waals surface area contributed by atoms with Crippen molar-refractivity contribution in [1.29, 1.82) is 0 Å². The predicted octanol–water partition coefficient (Wildman–Crippen LogP) is 6.79. The first kappa shape index (κ1) is 22.4. The van der Waals surface area contributed by atoms with Gasteiger partial charge in [-0.1, -0.05) is 62.2 Å². The van der Waals surface area contributed by atoms with Crippen LogP contribution < -0.4 is 5.32 Å². The summed E-state index contributed by atoms with van der Waals surface area (Å²) < 4.78 is 15.3. The Bertz CT molecular complexity index is 1080. The number of carbonyl (C=O) groups excluding carboxylic acids is 2. The molecule has 1 N–H and O–H groups in total. The molecule has 1 fully saturated rings. The lowest BCUT2D eigenvalue weighted by Gasteiger charge is -2.38. The van der Waals surface area contributed by atoms with Crippen molar-refractivity contribution in [2.24, 2.45) is 11.3 Å². The van der Waals surface area contributed by atoms with Crippen molar-refractivity contribution in [3.63, 3.8) is 0 Å². The second-order valence-corrected chi connectivity index (χ2v) is 10.6. The minimum absolute atomic E-state index is 0.0800. The Morgan fingerprint density at radius 3 is 2.61 bits per heavy atom. The maximum atomic E-state index is 15.3. The fourth-order valence-corrected chi connectivity index (χ4v) is 5.76. The molecule has 2 heterocycles. The topological polar surface area (TPSA) is 49.4 Å². The average molecular weight is 484 g/mol. The number of benzene rings is 2. The normalized spacial score (nSPS) is 25.1. The number of rotatable bonds is 2. The van der Waals surface area contributed by atoms with Gasteiger partial charge in [-0.15, -0.1) is 0 Å². The molecule has 0 bridgehead atoms. The maximum Gasteiger partial charge on any atom is 0.316 e. The summed E-state index contributed by atoms with van der Waals surface area (Å²) in [7, 11) is 0. The van der Waals surface area contributed by atoms with E-state index in [0.29, 0.717) is 22.7 Å². The Kier molecular flexibility index (Phi) is 5.52. The summed E-state index contributed by atoms with van der Waals surface area (Å²) in [5.41, 5.74) is 0.0173. The number of carbonyl (C=O) groups is 2. The Morgan fingerprint density at radius 1 is 1.26 bits per heavy atom. The molecule has 2 aromatic carbocycles. The molecule has 4 rings (SSSR count). The van der Waals surface area contributed by atoms with Crippen molar-refractivity contribution in [2.45, 2.75) is 38.6 Å². The quantitative estimate of drug-likeness (QED) is 0.377. The van der Waals surface area contributed by atoms with E-state index in [1.54, 1.807) is 30.3 Å². The molecule has 0 saturated carbocycles. The zero-order valence-corrected chi connectivity index (χ0v) is 19.6. The van der Waals surface area contributed by atoms with Crippen LogP contribution in [0, 0.1) is 17.2 Å². The van der Waals surface area contributed by atoms with Crippen molar-refractivity contribution in [3.8, 4) is 0 Å². The van der Waals surface area contributed by atoms with E-state index in [-0.39, 0.29) is 34.4 Å². The van der Waals surface area contributed by atoms with Crippen molar-refractivity contribution >= 4 is 51.8 Å². The summed E-state index contributed by atoms with van der Waals surface area (Å²) in [5.74, 6) is -1.27. The maximum absolute atomic E-state index is 15.3. The minimum atomic E-state index is -1.23. The van der Waals surface area contributed by atoms with Gasteiger partial charge in [0, 0.05) is 22.8 Å². The number of hydrogen-bond donors (Lipinski definition) is 1. The smallest absolute Gasteiger partial charge is 0.316 e. The number of hydrogen-bond acceptors (Lipinski definition) is 2. The van der Waals surface area contributed by atoms with E-state index in [9.17, 15) is 9.59 Å². The zero-order chi connectivity index (χ0) is 22.7. The van der Waals surface area contributed by atoms with Crippen molar-refractivity contribution in [2.75, 3.05) is 11.9 Å². The van der Waals surface area contributed by atoms with Gasteiger partial charge in [-0.05, 0) is 53.1 Å². The zero-order valence-electron chi connectivity index (χ0n) is 17.3. The molecular weight excluding hydrogens is 462 g/mol. The SMILES string of the molecule is CC(C)(C)CC1CN(C(=O)Cl)[C@H](c2cccc(Cl)c2F)C12C(=O)Nc1cc(Cl)ccc12. The molecule has 164 valence electrons. The summed E-state index contributed by atoms with van der Waals surface area (Å²) in [6, 6.07) is 8.80. The molecule has 1 spiro atoms. The number of fused-ring (bicyclic) bond motifs is 2. The lowest BCUT2D eigenvalue weighted by Crippen LogP contribution is -2.46. The van der Waals surface area contributed by atoms with E-state index in [2.05, 4.69) is 26.1 Å². The van der Waals surface area contributed by atoms with Crippen LogP contribution in [0.25, 0.3) is 0 Å². The molecule has 31 heavy (non-hydrogen) atoms. The molecule has 0 aromatic heterocycles. The van der Waals surface area contributed by atoms with E-state index in [4.69, 9.17) is 34.8 Å². The Hall–Kier alpha value is -1.82. The second-order valence-electron chi connectivity index (χ2n) is 9.43. The monoisotopic (exact) mass is 482 g/mol. The van der Waals surface area contributed by atoms with Crippen LogP contribution in [0.2, 0.25) is 10.0 Å². The van der Waals surface area contributed by atoms with Crippen LogP contribution in [-0.2, 0) is 10.2 Å². The molecule has 0 aliphatic carbocycles. The molecule has 2 aliphatic rings. The molecule has 3 atom stereocenters. The van der Waals surface area contributed by atoms with Gasteiger partial charge in [0.1, 0.15) is 11.2 Å². The van der Waals surface area contributed by atoms with E-state index in [1.807, 2.05) is 0 Å². The van der Waals surface area contributed by atoms with Crippen molar-refractivity contribution < 1.29 is 14.0 Å². The molecule has 2 aliphatic heterocycles. The molecule has 2 unspecified atom stereocenters. The Morgan fingerprint density at radius 2 is 1.97 bits per heavy atom. The molecule has 1 saturated heterocycles. The van der Waals surface area contributed by atoms with Gasteiger partial charge in [-0.25, -0.2) is 4.39 Å². The predicted molar refractivity (Wildman–Crippen MR) is 121 cm³/mol. The third-order valence-electron chi connectivity index (χ3n) is 6.22. The number of nitrogens with one attached hydrogen (secondary N) is 1. The molecule has 2 aromatic rings. The van der Waals surface area contributed by atoms with Crippen molar-refractivity contribution in [1.82, 2.24) is 4.90 Å². The molecular formula is C23H22Cl3FN2O2. The standard InChI is InChI=1S/C23H22Cl3FN2O2/c1-22(2,3)10-12-11-29(21(26)31)19(14-5-4-6-16(25)18(14)27)23(12)15-8-7-13(24)9-17(15)28-20(23)30/h4-9,12,19H,10-11H2,1-3H3,(H,28,30)/t12?,19-,23?/m1/s1. The van der Waals surface area contributed by atoms with Crippen LogP contribution in [0.3, 0.4) is 0 Å². The van der Waals surface area contributed by atoms with Gasteiger partial charge in [0.2, 0.25) is 5.91 Å². The average Bonchev–Trinajstić information content (AvgIpc) is 3.12. The van der Waals surface area contributed by atoms with E-state index in [0.717, 1.165) is 0 Å². The first-order chi connectivity index (χ1) is 14.5. The third-order valence-corrected chi connectivity index (χ3v) is 6.96. The molecule has 4 nitrogen and oxygen atoms in total. The number of anilines is 1. The lowest BCUT2D eigenvalue weighted by molar-refractivity contribution is -0.123. The van der Waals surface area contributed by atoms with Gasteiger partial charge < -0.3 is 10.2 Å². The van der Waals surface area contributed by atoms with Crippen LogP contribution in [0.1, 0.15) is 44.4 Å². The van der Waals surface area contributed by atoms with Gasteiger partial charge in [0.25, 0.3) is 0 Å². The van der Waals surface area contributed by atoms with Crippen molar-refractivity contribution in [3.05, 3.63) is 63.4 Å². The summed E-state index contributed by atoms with van der Waals surface area (Å²) in [6.07, 6.45) is 0.613. The highest BCUT2D eigenvalue weighted by molar-refractivity contribution is 6.62. The first-order valence-electron chi connectivity index (χ1n) is 9.98. The van der Waals surface area contributed by atoms with Crippen LogP contribution in [0.5, 0.6) is 0 Å². The number of nitrogens with zero attached hydrogens (tertiary/aromatic N) is 1. The molecule has 8 heteroatoms. The summed E-state index contributed by atoms with van der Waals surface area (Å²) >= 11 is 18.3. The van der Waals surface area contributed by atoms with Gasteiger partial charge in [0.15, 0.2) is 0 Å². The fourth-order valence-electron chi connectivity index (χ4n) is 5.24. The highest BCUT2D eigenvalue weighted by Gasteiger charge is 2.65. The Labute approximate surface area is 195 Å². The van der Waals surface area contributed by atoms with Gasteiger partial charge in [-0.2, -0.15) is 0 Å². The Balaban J connectivity index is 2.04. The summed E-state index contributed by atoms with van der Waals surface area (Å²) in [6.45, 7) is 6.41. The number of likely N-dealkylation sites (tertiary alicyclic amines) is 1. The van der Waals surface area contributed by atoms with E-state index < -0.39 is 22.6 Å². The van der Waals surface area contributed by atoms with Crippen LogP contribution in [0.15, 0.2) is 36.4 Å². The highest BCUT2D eigenvalue weighted by Crippen LogP contribution is 2.60. The second kappa shape index (κ2) is 7.65. The lowest BCUT2D eigenvalue weighted by atomic mass is 9.63. The largest absolute Gasteiger partial charge is 0.325 e. The minimum Gasteiger partial charge on any atom is -0.325 e. The highest BCUT2D eigenvalue weighted by atomic mass is 35.5. The third kappa shape index (κ3) is 3.51. The van der Waals surface area contributed by atoms with E-state index >= 15 is 4.39 Å². The molecule has 0 radical (unpaired) electrons. The van der Waals surface area contributed by atoms with Gasteiger partial charge in [-0.3, -0.25) is 9.59 Å². The van der Waals surface area contributed by atoms with Crippen LogP contribution >= 0.6 is 34.8 Å². The first-order valence-corrected chi connectivity index (χ1v) is 11.1.